The lowest BCUT2D eigenvalue weighted by Crippen LogP contribution is -2.26. The van der Waals surface area contributed by atoms with Gasteiger partial charge in [-0.3, -0.25) is 0 Å². The minimum Gasteiger partial charge on any atom is -0.0888 e. The quantitative estimate of drug-likeness (QED) is 0.181. The Balaban J connectivity index is 1.25. The second-order valence-corrected chi connectivity index (χ2v) is 13.9. The lowest BCUT2D eigenvalue weighted by atomic mass is 9.68. The average molecular weight is 599 g/mol. The zero-order valence-electron chi connectivity index (χ0n) is 24.9. The van der Waals surface area contributed by atoms with E-state index in [1.54, 1.807) is 0 Å². The van der Waals surface area contributed by atoms with Crippen molar-refractivity contribution in [2.45, 2.75) is 15.2 Å². The topological polar surface area (TPSA) is 0 Å². The molecule has 1 heterocycles. The SMILES string of the molecule is c1ccc2c(c1)-c1cc3ccccc3cc1C21c2ccccc2-c2cccc(-c3ccc4c(c3)-c3cccc5cccc(c35)S4)c21. The molecule has 0 nitrogen and oxygen atoms in total. The maximum absolute atomic E-state index is 2.48. The third-order valence-electron chi connectivity index (χ3n) is 10.6. The van der Waals surface area contributed by atoms with Crippen LogP contribution in [-0.2, 0) is 5.41 Å². The summed E-state index contributed by atoms with van der Waals surface area (Å²) in [5.41, 5.74) is 15.7. The van der Waals surface area contributed by atoms with Gasteiger partial charge in [-0.15, -0.1) is 0 Å². The summed E-state index contributed by atoms with van der Waals surface area (Å²) in [5.74, 6) is 0. The van der Waals surface area contributed by atoms with Gasteiger partial charge in [-0.25, -0.2) is 0 Å². The largest absolute Gasteiger partial charge is 0.0888 e. The van der Waals surface area contributed by atoms with Crippen molar-refractivity contribution in [2.75, 3.05) is 0 Å². The third kappa shape index (κ3) is 3.02. The normalized spacial score (nSPS) is 16.3. The van der Waals surface area contributed by atoms with Gasteiger partial charge in [-0.2, -0.15) is 0 Å². The van der Waals surface area contributed by atoms with E-state index in [1.165, 1.54) is 98.1 Å². The zero-order valence-corrected chi connectivity index (χ0v) is 25.7. The number of hydrogen-bond acceptors (Lipinski definition) is 1. The van der Waals surface area contributed by atoms with E-state index >= 15 is 0 Å². The number of hydrogen-bond donors (Lipinski definition) is 0. The first kappa shape index (κ1) is 24.9. The summed E-state index contributed by atoms with van der Waals surface area (Å²) in [6, 6.07) is 59.5. The Morgan fingerprint density at radius 1 is 0.348 bits per heavy atom. The fourth-order valence-corrected chi connectivity index (χ4v) is 9.98. The van der Waals surface area contributed by atoms with Gasteiger partial charge < -0.3 is 0 Å². The van der Waals surface area contributed by atoms with Crippen LogP contribution in [-0.4, -0.2) is 0 Å². The van der Waals surface area contributed by atoms with Crippen LogP contribution in [0.15, 0.2) is 168 Å². The van der Waals surface area contributed by atoms with E-state index < -0.39 is 5.41 Å². The molecule has 0 saturated carbocycles. The van der Waals surface area contributed by atoms with Crippen LogP contribution in [0.5, 0.6) is 0 Å². The van der Waals surface area contributed by atoms with Crippen molar-refractivity contribution in [3.05, 3.63) is 180 Å². The fraction of sp³-hybridized carbons (Fsp3) is 0.0222. The van der Waals surface area contributed by atoms with Crippen LogP contribution in [0.4, 0.5) is 0 Å². The van der Waals surface area contributed by atoms with Crippen LogP contribution < -0.4 is 0 Å². The maximum atomic E-state index is 2.48. The molecule has 3 aliphatic rings. The summed E-state index contributed by atoms with van der Waals surface area (Å²) in [7, 11) is 0. The van der Waals surface area contributed by atoms with Gasteiger partial charge >= 0.3 is 0 Å². The van der Waals surface area contributed by atoms with Gasteiger partial charge in [0.25, 0.3) is 0 Å². The molecule has 1 spiro atoms. The highest BCUT2D eigenvalue weighted by molar-refractivity contribution is 7.99. The minimum absolute atomic E-state index is 0.407. The highest BCUT2D eigenvalue weighted by atomic mass is 32.2. The summed E-state index contributed by atoms with van der Waals surface area (Å²) < 4.78 is 0. The fourth-order valence-electron chi connectivity index (χ4n) is 8.86. The standard InChI is InChI=1S/C45H26S/c1-2-11-29-26-40-36(24-28(29)10-1)33-15-4-6-20-39(33)45(40)38-19-5-3-14-32(38)35-18-9-16-31(44(35)45)30-22-23-41-37(25-30)34-17-7-12-27-13-8-21-42(46-41)43(27)34/h1-26H. The maximum Gasteiger partial charge on any atom is 0.0731 e. The molecule has 2 aliphatic carbocycles. The summed E-state index contributed by atoms with van der Waals surface area (Å²) in [5, 5.41) is 5.25. The van der Waals surface area contributed by atoms with Crippen LogP contribution in [0.1, 0.15) is 22.3 Å². The molecule has 1 aliphatic heterocycles. The van der Waals surface area contributed by atoms with Gasteiger partial charge in [0.2, 0.25) is 0 Å². The van der Waals surface area contributed by atoms with Crippen LogP contribution in [0.2, 0.25) is 0 Å². The van der Waals surface area contributed by atoms with Crippen molar-refractivity contribution in [3.8, 4) is 44.5 Å². The van der Waals surface area contributed by atoms with Crippen LogP contribution in [0.3, 0.4) is 0 Å². The molecule has 46 heavy (non-hydrogen) atoms. The molecule has 1 heteroatoms. The predicted octanol–water partition coefficient (Wildman–Crippen LogP) is 12.1. The highest BCUT2D eigenvalue weighted by Gasteiger charge is 2.52. The van der Waals surface area contributed by atoms with E-state index in [4.69, 9.17) is 0 Å². The molecule has 1 unspecified atom stereocenters. The van der Waals surface area contributed by atoms with E-state index in [0.717, 1.165) is 0 Å². The molecule has 0 fully saturated rings. The summed E-state index contributed by atoms with van der Waals surface area (Å²) in [4.78, 5) is 2.67. The lowest BCUT2D eigenvalue weighted by Gasteiger charge is -2.32. The Labute approximate surface area is 272 Å². The number of rotatable bonds is 1. The first-order chi connectivity index (χ1) is 22.8. The average Bonchev–Trinajstić information content (AvgIpc) is 3.58. The van der Waals surface area contributed by atoms with Gasteiger partial charge in [-0.05, 0) is 113 Å². The van der Waals surface area contributed by atoms with Gasteiger partial charge in [0.15, 0.2) is 0 Å². The van der Waals surface area contributed by atoms with E-state index in [1.807, 2.05) is 11.8 Å². The second-order valence-electron chi connectivity index (χ2n) is 12.8. The van der Waals surface area contributed by atoms with Crippen molar-refractivity contribution in [1.29, 1.82) is 0 Å². The van der Waals surface area contributed by atoms with E-state index in [0.29, 0.717) is 0 Å². The lowest BCUT2D eigenvalue weighted by molar-refractivity contribution is 0.797. The van der Waals surface area contributed by atoms with Crippen molar-refractivity contribution < 1.29 is 0 Å². The number of fused-ring (bicyclic) bond motifs is 13. The molecule has 212 valence electrons. The molecular formula is C45H26S. The Bertz CT molecular complexity index is 2620. The molecule has 8 aromatic carbocycles. The summed E-state index contributed by atoms with van der Waals surface area (Å²) in [6.45, 7) is 0. The van der Waals surface area contributed by atoms with Crippen molar-refractivity contribution in [3.63, 3.8) is 0 Å². The zero-order chi connectivity index (χ0) is 30.0. The van der Waals surface area contributed by atoms with Crippen molar-refractivity contribution in [2.24, 2.45) is 0 Å². The Kier molecular flexibility index (Phi) is 4.80. The Hall–Kier alpha value is -5.37. The first-order valence-corrected chi connectivity index (χ1v) is 16.8. The molecule has 0 radical (unpaired) electrons. The molecule has 0 saturated heterocycles. The molecule has 1 atom stereocenters. The van der Waals surface area contributed by atoms with Crippen molar-refractivity contribution >= 4 is 33.3 Å². The summed E-state index contributed by atoms with van der Waals surface area (Å²) in [6.07, 6.45) is 0. The molecule has 0 bridgehead atoms. The van der Waals surface area contributed by atoms with E-state index in [2.05, 4.69) is 158 Å². The van der Waals surface area contributed by atoms with E-state index in [9.17, 15) is 0 Å². The first-order valence-electron chi connectivity index (χ1n) is 16.0. The minimum atomic E-state index is -0.407. The van der Waals surface area contributed by atoms with Gasteiger partial charge in [0.05, 0.1) is 5.41 Å². The Morgan fingerprint density at radius 2 is 0.957 bits per heavy atom. The van der Waals surface area contributed by atoms with Crippen LogP contribution in [0, 0.1) is 0 Å². The molecule has 0 amide bonds. The predicted molar refractivity (Wildman–Crippen MR) is 193 cm³/mol. The van der Waals surface area contributed by atoms with E-state index in [-0.39, 0.29) is 0 Å². The molecule has 0 aromatic heterocycles. The summed E-state index contributed by atoms with van der Waals surface area (Å²) >= 11 is 1.90. The van der Waals surface area contributed by atoms with Gasteiger partial charge in [0.1, 0.15) is 0 Å². The van der Waals surface area contributed by atoms with Crippen LogP contribution >= 0.6 is 11.8 Å². The highest BCUT2D eigenvalue weighted by Crippen LogP contribution is 2.65. The van der Waals surface area contributed by atoms with Crippen LogP contribution in [0.25, 0.3) is 66.1 Å². The van der Waals surface area contributed by atoms with Gasteiger partial charge in [0, 0.05) is 15.2 Å². The monoisotopic (exact) mass is 598 g/mol. The third-order valence-corrected chi connectivity index (χ3v) is 11.8. The number of benzene rings is 8. The molecule has 8 aromatic rings. The second kappa shape index (κ2) is 8.88. The molecule has 11 rings (SSSR count). The van der Waals surface area contributed by atoms with Gasteiger partial charge in [-0.1, -0.05) is 139 Å². The Morgan fingerprint density at radius 3 is 1.78 bits per heavy atom. The van der Waals surface area contributed by atoms with Crippen molar-refractivity contribution in [1.82, 2.24) is 0 Å². The smallest absolute Gasteiger partial charge is 0.0731 e. The molecular weight excluding hydrogens is 573 g/mol. The molecule has 0 N–H and O–H groups in total.